The first-order valence-electron chi connectivity index (χ1n) is 4.83. The molecule has 16 heavy (non-hydrogen) atoms. The first-order chi connectivity index (χ1) is 7.51. The molecule has 92 valence electrons. The third-order valence-corrected chi connectivity index (χ3v) is 1.85. The average Bonchev–Trinajstić information content (AvgIpc) is 2.25. The number of methoxy groups -OCH3 is 2. The van der Waals surface area contributed by atoms with E-state index in [1.807, 2.05) is 0 Å². The largest absolute Gasteiger partial charge is 0.469 e. The Balaban J connectivity index is 4.06. The van der Waals surface area contributed by atoms with Crippen molar-refractivity contribution in [1.82, 2.24) is 0 Å². The molecule has 0 N–H and O–H groups in total. The molecule has 0 rings (SSSR count). The van der Waals surface area contributed by atoms with Gasteiger partial charge in [-0.25, -0.2) is 4.79 Å². The maximum atomic E-state index is 11.2. The fourth-order valence-corrected chi connectivity index (χ4v) is 1.09. The van der Waals surface area contributed by atoms with E-state index in [1.165, 1.54) is 21.1 Å². The predicted molar refractivity (Wildman–Crippen MR) is 53.4 cm³/mol. The van der Waals surface area contributed by atoms with Crippen LogP contribution < -0.4 is 0 Å². The molecule has 0 saturated carbocycles. The minimum absolute atomic E-state index is 0.172. The fourth-order valence-electron chi connectivity index (χ4n) is 1.09. The summed E-state index contributed by atoms with van der Waals surface area (Å²) in [5.74, 6) is -1.56. The molecule has 0 aromatic carbocycles. The number of hydrogen-bond donors (Lipinski definition) is 0. The second kappa shape index (κ2) is 7.67. The number of esters is 3. The van der Waals surface area contributed by atoms with Crippen LogP contribution in [0.2, 0.25) is 0 Å². The van der Waals surface area contributed by atoms with Gasteiger partial charge in [0, 0.05) is 13.3 Å². The summed E-state index contributed by atoms with van der Waals surface area (Å²) in [6, 6.07) is 0. The van der Waals surface area contributed by atoms with Crippen molar-refractivity contribution in [2.24, 2.45) is 0 Å². The molecule has 0 heterocycles. The molecule has 0 aliphatic carbocycles. The molecule has 0 radical (unpaired) electrons. The maximum absolute atomic E-state index is 11.2. The lowest BCUT2D eigenvalue weighted by Crippen LogP contribution is -2.27. The summed E-state index contributed by atoms with van der Waals surface area (Å²) < 4.78 is 13.7. The van der Waals surface area contributed by atoms with Crippen LogP contribution in [-0.2, 0) is 28.6 Å². The Bertz CT molecular complexity index is 260. The molecular weight excluding hydrogens is 216 g/mol. The fraction of sp³-hybridized carbons (Fsp3) is 0.700. The number of carbonyl (C=O) groups excluding carboxylic acids is 3. The lowest BCUT2D eigenvalue weighted by Gasteiger charge is -2.13. The summed E-state index contributed by atoms with van der Waals surface area (Å²) in [7, 11) is 2.49. The molecule has 0 bridgehead atoms. The Hall–Kier alpha value is -1.59. The van der Waals surface area contributed by atoms with Gasteiger partial charge in [0.05, 0.1) is 14.2 Å². The van der Waals surface area contributed by atoms with Crippen LogP contribution in [0.25, 0.3) is 0 Å². The van der Waals surface area contributed by atoms with E-state index < -0.39 is 18.0 Å². The zero-order valence-electron chi connectivity index (χ0n) is 9.65. The van der Waals surface area contributed by atoms with E-state index in [1.54, 1.807) is 0 Å². The average molecular weight is 232 g/mol. The Morgan fingerprint density at radius 2 is 1.75 bits per heavy atom. The number of rotatable bonds is 6. The number of hydrogen-bond acceptors (Lipinski definition) is 6. The van der Waals surface area contributed by atoms with E-state index in [9.17, 15) is 14.4 Å². The van der Waals surface area contributed by atoms with Crippen LogP contribution in [-0.4, -0.2) is 38.2 Å². The molecule has 0 amide bonds. The third kappa shape index (κ3) is 6.00. The summed E-state index contributed by atoms with van der Waals surface area (Å²) in [5.41, 5.74) is 0. The van der Waals surface area contributed by atoms with Gasteiger partial charge in [-0.1, -0.05) is 0 Å². The highest BCUT2D eigenvalue weighted by Gasteiger charge is 2.22. The van der Waals surface area contributed by atoms with E-state index in [0.717, 1.165) is 0 Å². The van der Waals surface area contributed by atoms with Crippen LogP contribution >= 0.6 is 0 Å². The van der Waals surface area contributed by atoms with E-state index in [-0.39, 0.29) is 18.8 Å². The normalized spacial score (nSPS) is 11.4. The molecule has 0 spiro atoms. The van der Waals surface area contributed by atoms with Crippen molar-refractivity contribution < 1.29 is 28.6 Å². The van der Waals surface area contributed by atoms with Crippen LogP contribution in [0.3, 0.4) is 0 Å². The van der Waals surface area contributed by atoms with Crippen molar-refractivity contribution in [2.45, 2.75) is 32.3 Å². The van der Waals surface area contributed by atoms with Crippen LogP contribution in [0.1, 0.15) is 26.2 Å². The SMILES string of the molecule is COC(=O)CCCC(OC(C)=O)C(=O)OC. The van der Waals surface area contributed by atoms with Crippen molar-refractivity contribution in [3.8, 4) is 0 Å². The van der Waals surface area contributed by atoms with Gasteiger partial charge in [-0.2, -0.15) is 0 Å². The summed E-state index contributed by atoms with van der Waals surface area (Å²) in [4.78, 5) is 32.7. The summed E-state index contributed by atoms with van der Waals surface area (Å²) >= 11 is 0. The first kappa shape index (κ1) is 14.4. The van der Waals surface area contributed by atoms with Gasteiger partial charge in [0.1, 0.15) is 0 Å². The van der Waals surface area contributed by atoms with Gasteiger partial charge >= 0.3 is 17.9 Å². The van der Waals surface area contributed by atoms with Crippen LogP contribution in [0.5, 0.6) is 0 Å². The molecule has 0 aliphatic rings. The molecule has 6 nitrogen and oxygen atoms in total. The molecule has 0 saturated heterocycles. The monoisotopic (exact) mass is 232 g/mol. The second-order valence-electron chi connectivity index (χ2n) is 3.09. The standard InChI is InChI=1S/C10H16O6/c1-7(11)16-8(10(13)15-3)5-4-6-9(12)14-2/h8H,4-6H2,1-3H3. The summed E-state index contributed by atoms with van der Waals surface area (Å²) in [6.07, 6.45) is -0.154. The molecule has 0 aromatic heterocycles. The van der Waals surface area contributed by atoms with E-state index >= 15 is 0 Å². The molecule has 1 unspecified atom stereocenters. The van der Waals surface area contributed by atoms with Gasteiger partial charge in [0.15, 0.2) is 6.10 Å². The summed E-state index contributed by atoms with van der Waals surface area (Å²) in [5, 5.41) is 0. The lowest BCUT2D eigenvalue weighted by molar-refractivity contribution is -0.165. The van der Waals surface area contributed by atoms with Crippen molar-refractivity contribution >= 4 is 17.9 Å². The van der Waals surface area contributed by atoms with E-state index in [4.69, 9.17) is 4.74 Å². The molecule has 0 fully saturated rings. The highest BCUT2D eigenvalue weighted by atomic mass is 16.6. The van der Waals surface area contributed by atoms with E-state index in [2.05, 4.69) is 9.47 Å². The highest BCUT2D eigenvalue weighted by Crippen LogP contribution is 2.08. The van der Waals surface area contributed by atoms with Gasteiger partial charge in [-0.05, 0) is 12.8 Å². The zero-order valence-corrected chi connectivity index (χ0v) is 9.65. The molecule has 0 aliphatic heterocycles. The minimum Gasteiger partial charge on any atom is -0.469 e. The smallest absolute Gasteiger partial charge is 0.347 e. The molecule has 6 heteroatoms. The lowest BCUT2D eigenvalue weighted by atomic mass is 10.1. The van der Waals surface area contributed by atoms with E-state index in [0.29, 0.717) is 6.42 Å². The van der Waals surface area contributed by atoms with Crippen molar-refractivity contribution in [1.29, 1.82) is 0 Å². The van der Waals surface area contributed by atoms with Gasteiger partial charge in [-0.3, -0.25) is 9.59 Å². The quantitative estimate of drug-likeness (QED) is 0.488. The van der Waals surface area contributed by atoms with Crippen LogP contribution in [0.15, 0.2) is 0 Å². The maximum Gasteiger partial charge on any atom is 0.347 e. The Kier molecular flexibility index (Phi) is 6.91. The molecule has 1 atom stereocenters. The Labute approximate surface area is 93.8 Å². The molecular formula is C10H16O6. The number of carbonyl (C=O) groups is 3. The van der Waals surface area contributed by atoms with Gasteiger partial charge in [0.2, 0.25) is 0 Å². The Morgan fingerprint density at radius 3 is 2.19 bits per heavy atom. The van der Waals surface area contributed by atoms with Gasteiger partial charge < -0.3 is 14.2 Å². The van der Waals surface area contributed by atoms with Crippen LogP contribution in [0.4, 0.5) is 0 Å². The first-order valence-corrected chi connectivity index (χ1v) is 4.83. The minimum atomic E-state index is -0.952. The van der Waals surface area contributed by atoms with Gasteiger partial charge in [0.25, 0.3) is 0 Å². The topological polar surface area (TPSA) is 78.9 Å². The van der Waals surface area contributed by atoms with Crippen LogP contribution in [0, 0.1) is 0 Å². The highest BCUT2D eigenvalue weighted by molar-refractivity contribution is 5.78. The van der Waals surface area contributed by atoms with Gasteiger partial charge in [-0.15, -0.1) is 0 Å². The summed E-state index contributed by atoms with van der Waals surface area (Å²) in [6.45, 7) is 1.20. The van der Waals surface area contributed by atoms with Crippen molar-refractivity contribution in [2.75, 3.05) is 14.2 Å². The van der Waals surface area contributed by atoms with Crippen molar-refractivity contribution in [3.63, 3.8) is 0 Å². The second-order valence-corrected chi connectivity index (χ2v) is 3.09. The zero-order chi connectivity index (χ0) is 12.6. The predicted octanol–water partition coefficient (Wildman–Crippen LogP) is 0.434. The Morgan fingerprint density at radius 1 is 1.12 bits per heavy atom. The molecule has 0 aromatic rings. The third-order valence-electron chi connectivity index (χ3n) is 1.85. The van der Waals surface area contributed by atoms with Crippen molar-refractivity contribution in [3.05, 3.63) is 0 Å². The number of ether oxygens (including phenoxy) is 3.